The third-order valence-corrected chi connectivity index (χ3v) is 6.16. The van der Waals surface area contributed by atoms with Gasteiger partial charge in [-0.05, 0) is 42.2 Å². The number of nitrogens with zero attached hydrogens (tertiary/aromatic N) is 3. The Morgan fingerprint density at radius 2 is 1.81 bits per heavy atom. The highest BCUT2D eigenvalue weighted by atomic mass is 16.5. The van der Waals surface area contributed by atoms with Crippen LogP contribution in [0.3, 0.4) is 0 Å². The van der Waals surface area contributed by atoms with Crippen molar-refractivity contribution < 1.29 is 14.3 Å². The minimum Gasteiger partial charge on any atom is -0.478 e. The molecule has 0 unspecified atom stereocenters. The molecule has 0 spiro atoms. The number of carbonyl (C=O) groups is 2. The number of carbonyl (C=O) groups excluding carboxylic acids is 2. The first-order valence-electron chi connectivity index (χ1n) is 8.89. The summed E-state index contributed by atoms with van der Waals surface area (Å²) in [7, 11) is 0. The van der Waals surface area contributed by atoms with E-state index in [0.717, 1.165) is 11.4 Å². The van der Waals surface area contributed by atoms with Gasteiger partial charge < -0.3 is 4.74 Å². The van der Waals surface area contributed by atoms with Crippen LogP contribution < -0.4 is 4.74 Å². The SMILES string of the molecule is N#CCOc1ccccc1/C=N\N1C(=O)[C@@H]2[C@H]3C=C[C@@H]([C@@H]4C[C@@H]34)[C@@H]2C1=O. The first kappa shape index (κ1) is 15.3. The Hall–Kier alpha value is -2.94. The Bertz CT molecular complexity index is 864. The van der Waals surface area contributed by atoms with Crippen LogP contribution in [0.5, 0.6) is 5.75 Å². The number of hydrogen-bond donors (Lipinski definition) is 0. The molecular formula is C20H17N3O3. The number of imide groups is 1. The third kappa shape index (κ3) is 2.07. The van der Waals surface area contributed by atoms with E-state index in [-0.39, 0.29) is 42.1 Å². The number of nitriles is 1. The van der Waals surface area contributed by atoms with Crippen LogP contribution in [0.1, 0.15) is 12.0 Å². The van der Waals surface area contributed by atoms with Crippen LogP contribution in [-0.2, 0) is 9.59 Å². The van der Waals surface area contributed by atoms with Gasteiger partial charge >= 0.3 is 0 Å². The quantitative estimate of drug-likeness (QED) is 0.474. The van der Waals surface area contributed by atoms with Crippen LogP contribution in [0.4, 0.5) is 0 Å². The maximum atomic E-state index is 12.9. The van der Waals surface area contributed by atoms with Crippen molar-refractivity contribution in [3.63, 3.8) is 0 Å². The molecule has 1 heterocycles. The lowest BCUT2D eigenvalue weighted by atomic mass is 9.63. The standard InChI is InChI=1S/C20H17N3O3/c21-7-8-26-16-4-2-1-3-11(16)10-22-23-19(24)17-12-5-6-13(15-9-14(12)15)18(17)20(23)25/h1-6,10,12-15,17-18H,8-9H2/b22-10-/t12-,13-,14-,15-,17-,18+/m0/s1. The lowest BCUT2D eigenvalue weighted by Crippen LogP contribution is -2.40. The highest BCUT2D eigenvalue weighted by molar-refractivity contribution is 6.06. The minimum atomic E-state index is -0.247. The predicted octanol–water partition coefficient (Wildman–Crippen LogP) is 1.98. The summed E-state index contributed by atoms with van der Waals surface area (Å²) in [5.41, 5.74) is 0.627. The molecule has 6 heteroatoms. The smallest absolute Gasteiger partial charge is 0.254 e. The van der Waals surface area contributed by atoms with Crippen molar-refractivity contribution in [2.75, 3.05) is 6.61 Å². The molecule has 0 N–H and O–H groups in total. The first-order valence-corrected chi connectivity index (χ1v) is 8.89. The molecule has 2 saturated carbocycles. The van der Waals surface area contributed by atoms with E-state index in [1.807, 2.05) is 12.1 Å². The van der Waals surface area contributed by atoms with Gasteiger partial charge in [-0.2, -0.15) is 15.4 Å². The fraction of sp³-hybridized carbons (Fsp3) is 0.400. The Kier molecular flexibility index (Phi) is 3.26. The van der Waals surface area contributed by atoms with E-state index in [2.05, 4.69) is 17.3 Å². The van der Waals surface area contributed by atoms with Gasteiger partial charge in [0.1, 0.15) is 11.8 Å². The maximum Gasteiger partial charge on any atom is 0.254 e. The molecule has 130 valence electrons. The predicted molar refractivity (Wildman–Crippen MR) is 91.7 cm³/mol. The van der Waals surface area contributed by atoms with Gasteiger partial charge in [0.05, 0.1) is 18.1 Å². The molecule has 2 amide bonds. The Morgan fingerprint density at radius 3 is 2.46 bits per heavy atom. The Labute approximate surface area is 150 Å². The molecule has 2 bridgehead atoms. The second-order valence-corrected chi connectivity index (χ2v) is 7.37. The monoisotopic (exact) mass is 347 g/mol. The molecule has 1 saturated heterocycles. The summed E-state index contributed by atoms with van der Waals surface area (Å²) in [5.74, 6) is 1.17. The second kappa shape index (κ2) is 5.53. The van der Waals surface area contributed by atoms with Gasteiger partial charge in [0.25, 0.3) is 11.8 Å². The summed E-state index contributed by atoms with van der Waals surface area (Å²) in [6, 6.07) is 9.02. The normalized spacial score (nSPS) is 36.2. The van der Waals surface area contributed by atoms with Crippen LogP contribution >= 0.6 is 0 Å². The van der Waals surface area contributed by atoms with Crippen LogP contribution in [0.2, 0.25) is 0 Å². The molecule has 5 aliphatic rings. The van der Waals surface area contributed by atoms with Crippen LogP contribution in [-0.4, -0.2) is 29.6 Å². The molecule has 26 heavy (non-hydrogen) atoms. The van der Waals surface area contributed by atoms with Crippen LogP contribution in [0.15, 0.2) is 41.5 Å². The molecule has 3 fully saturated rings. The summed E-state index contributed by atoms with van der Waals surface area (Å²) in [6.07, 6.45) is 6.89. The average Bonchev–Trinajstić information content (AvgIpc) is 3.44. The number of hydrogen-bond acceptors (Lipinski definition) is 5. The summed E-state index contributed by atoms with van der Waals surface area (Å²) >= 11 is 0. The van der Waals surface area contributed by atoms with E-state index in [4.69, 9.17) is 10.00 Å². The van der Waals surface area contributed by atoms with Gasteiger partial charge in [0.2, 0.25) is 0 Å². The van der Waals surface area contributed by atoms with Gasteiger partial charge in [-0.1, -0.05) is 24.3 Å². The fourth-order valence-corrected chi connectivity index (χ4v) is 5.00. The Balaban J connectivity index is 1.41. The number of amides is 2. The number of hydrazone groups is 1. The molecule has 6 nitrogen and oxygen atoms in total. The van der Waals surface area contributed by atoms with Crippen molar-refractivity contribution in [1.29, 1.82) is 5.26 Å². The van der Waals surface area contributed by atoms with E-state index in [1.165, 1.54) is 6.21 Å². The van der Waals surface area contributed by atoms with Crippen molar-refractivity contribution in [3.8, 4) is 11.8 Å². The summed E-state index contributed by atoms with van der Waals surface area (Å²) in [4.78, 5) is 25.7. The fourth-order valence-electron chi connectivity index (χ4n) is 5.00. The number of rotatable bonds is 4. The number of para-hydroxylation sites is 1. The molecule has 0 aromatic heterocycles. The highest BCUT2D eigenvalue weighted by Crippen LogP contribution is 2.65. The van der Waals surface area contributed by atoms with E-state index in [9.17, 15) is 9.59 Å². The molecule has 1 aliphatic heterocycles. The van der Waals surface area contributed by atoms with Gasteiger partial charge in [-0.25, -0.2) is 0 Å². The molecule has 1 aromatic rings. The second-order valence-electron chi connectivity index (χ2n) is 7.37. The van der Waals surface area contributed by atoms with Crippen molar-refractivity contribution >= 4 is 18.0 Å². The molecular weight excluding hydrogens is 330 g/mol. The molecule has 6 rings (SSSR count). The van der Waals surface area contributed by atoms with E-state index in [1.54, 1.807) is 18.2 Å². The first-order chi connectivity index (χ1) is 12.7. The summed E-state index contributed by atoms with van der Waals surface area (Å²) in [6.45, 7) is -0.0750. The average molecular weight is 347 g/mol. The number of benzene rings is 1. The lowest BCUT2D eigenvalue weighted by molar-refractivity contribution is -0.140. The molecule has 4 aliphatic carbocycles. The zero-order valence-electron chi connectivity index (χ0n) is 14.0. The number of allylic oxidation sites excluding steroid dienone is 2. The zero-order valence-corrected chi connectivity index (χ0v) is 14.0. The molecule has 0 radical (unpaired) electrons. The maximum absolute atomic E-state index is 12.9. The Morgan fingerprint density at radius 1 is 1.15 bits per heavy atom. The topological polar surface area (TPSA) is 82.8 Å². The van der Waals surface area contributed by atoms with E-state index in [0.29, 0.717) is 23.1 Å². The van der Waals surface area contributed by atoms with E-state index >= 15 is 0 Å². The zero-order chi connectivity index (χ0) is 17.8. The van der Waals surface area contributed by atoms with Crippen molar-refractivity contribution in [2.45, 2.75) is 6.42 Å². The van der Waals surface area contributed by atoms with E-state index < -0.39 is 0 Å². The van der Waals surface area contributed by atoms with Crippen molar-refractivity contribution in [2.24, 2.45) is 40.6 Å². The third-order valence-electron chi connectivity index (χ3n) is 6.16. The van der Waals surface area contributed by atoms with Gasteiger partial charge in [0.15, 0.2) is 6.61 Å². The van der Waals surface area contributed by atoms with Gasteiger partial charge in [0, 0.05) is 5.56 Å². The summed E-state index contributed by atoms with van der Waals surface area (Å²) in [5, 5.41) is 13.9. The minimum absolute atomic E-state index is 0.0750. The van der Waals surface area contributed by atoms with Crippen LogP contribution in [0.25, 0.3) is 0 Å². The van der Waals surface area contributed by atoms with Gasteiger partial charge in [-0.3, -0.25) is 9.59 Å². The summed E-state index contributed by atoms with van der Waals surface area (Å²) < 4.78 is 5.36. The van der Waals surface area contributed by atoms with Crippen molar-refractivity contribution in [1.82, 2.24) is 5.01 Å². The van der Waals surface area contributed by atoms with Gasteiger partial charge in [-0.15, -0.1) is 0 Å². The lowest BCUT2D eigenvalue weighted by Gasteiger charge is -2.37. The molecule has 6 atom stereocenters. The highest BCUT2D eigenvalue weighted by Gasteiger charge is 2.67. The largest absolute Gasteiger partial charge is 0.478 e. The molecule has 1 aromatic carbocycles. The number of ether oxygens (including phenoxy) is 1. The van der Waals surface area contributed by atoms with Crippen molar-refractivity contribution in [3.05, 3.63) is 42.0 Å². The van der Waals surface area contributed by atoms with Crippen LogP contribution in [0, 0.1) is 46.8 Å².